The summed E-state index contributed by atoms with van der Waals surface area (Å²) in [7, 11) is 0. The molecule has 1 atom stereocenters. The predicted molar refractivity (Wildman–Crippen MR) is 95.7 cm³/mol. The average Bonchev–Trinajstić information content (AvgIpc) is 2.94. The van der Waals surface area contributed by atoms with Crippen molar-refractivity contribution in [2.24, 2.45) is 0 Å². The van der Waals surface area contributed by atoms with Crippen molar-refractivity contribution in [3.8, 4) is 11.5 Å². The Labute approximate surface area is 152 Å². The maximum absolute atomic E-state index is 14.0. The highest BCUT2D eigenvalue weighted by atomic mass is 19.2. The molecule has 2 aliphatic heterocycles. The SMILES string of the molecule is Cc1oc(-c2cccc(F)c2F)nc1CN1CC(N2CCCC[C@H]2C)C1. The van der Waals surface area contributed by atoms with Gasteiger partial charge in [-0.2, -0.15) is 0 Å². The van der Waals surface area contributed by atoms with E-state index in [0.29, 0.717) is 24.4 Å². The molecule has 0 aliphatic carbocycles. The van der Waals surface area contributed by atoms with E-state index in [4.69, 9.17) is 4.42 Å². The van der Waals surface area contributed by atoms with Crippen molar-refractivity contribution >= 4 is 0 Å². The number of likely N-dealkylation sites (tertiary alicyclic amines) is 2. The third kappa shape index (κ3) is 3.28. The maximum atomic E-state index is 14.0. The zero-order chi connectivity index (χ0) is 18.3. The van der Waals surface area contributed by atoms with Gasteiger partial charge in [-0.05, 0) is 45.4 Å². The van der Waals surface area contributed by atoms with Crippen LogP contribution in [0.15, 0.2) is 22.6 Å². The highest BCUT2D eigenvalue weighted by Crippen LogP contribution is 2.29. The van der Waals surface area contributed by atoms with Crippen LogP contribution in [0.5, 0.6) is 0 Å². The van der Waals surface area contributed by atoms with Gasteiger partial charge in [0.25, 0.3) is 0 Å². The van der Waals surface area contributed by atoms with Gasteiger partial charge in [-0.25, -0.2) is 13.8 Å². The quantitative estimate of drug-likeness (QED) is 0.824. The van der Waals surface area contributed by atoms with Crippen LogP contribution in [0, 0.1) is 18.6 Å². The molecule has 0 saturated carbocycles. The van der Waals surface area contributed by atoms with Crippen LogP contribution in [-0.2, 0) is 6.54 Å². The number of nitrogens with zero attached hydrogens (tertiary/aromatic N) is 3. The van der Waals surface area contributed by atoms with Gasteiger partial charge in [0.1, 0.15) is 5.76 Å². The standard InChI is InChI=1S/C20H25F2N3O/c1-13-6-3-4-9-25(13)15-10-24(11-15)12-18-14(2)26-20(23-18)16-7-5-8-17(21)19(16)22/h5,7-8,13,15H,3-4,6,9-12H2,1-2H3/t13-/m1/s1. The van der Waals surface area contributed by atoms with Crippen LogP contribution in [0.3, 0.4) is 0 Å². The monoisotopic (exact) mass is 361 g/mol. The molecule has 2 fully saturated rings. The fourth-order valence-electron chi connectivity index (χ4n) is 4.11. The van der Waals surface area contributed by atoms with Gasteiger partial charge in [-0.3, -0.25) is 9.80 Å². The van der Waals surface area contributed by atoms with Crippen molar-refractivity contribution in [2.75, 3.05) is 19.6 Å². The number of aromatic nitrogens is 1. The summed E-state index contributed by atoms with van der Waals surface area (Å²) in [5, 5.41) is 0. The summed E-state index contributed by atoms with van der Waals surface area (Å²) in [4.78, 5) is 9.39. The van der Waals surface area contributed by atoms with Crippen LogP contribution in [0.4, 0.5) is 8.78 Å². The fraction of sp³-hybridized carbons (Fsp3) is 0.550. The lowest BCUT2D eigenvalue weighted by Gasteiger charge is -2.49. The second-order valence-corrected chi connectivity index (χ2v) is 7.55. The Balaban J connectivity index is 1.41. The Hall–Kier alpha value is -1.79. The molecule has 0 bridgehead atoms. The molecule has 2 aliphatic rings. The summed E-state index contributed by atoms with van der Waals surface area (Å²) in [5.74, 6) is -0.987. The molecule has 0 amide bonds. The minimum Gasteiger partial charge on any atom is -0.441 e. The minimum atomic E-state index is -0.914. The highest BCUT2D eigenvalue weighted by Gasteiger charge is 2.35. The zero-order valence-corrected chi connectivity index (χ0v) is 15.3. The molecule has 2 aromatic rings. The van der Waals surface area contributed by atoms with E-state index in [0.717, 1.165) is 24.8 Å². The molecule has 26 heavy (non-hydrogen) atoms. The Bertz CT molecular complexity index is 785. The van der Waals surface area contributed by atoms with Gasteiger partial charge in [-0.15, -0.1) is 0 Å². The largest absolute Gasteiger partial charge is 0.441 e. The first kappa shape index (κ1) is 17.6. The van der Waals surface area contributed by atoms with Gasteiger partial charge < -0.3 is 4.42 Å². The van der Waals surface area contributed by atoms with Gasteiger partial charge in [0, 0.05) is 31.7 Å². The Morgan fingerprint density at radius 2 is 2.04 bits per heavy atom. The average molecular weight is 361 g/mol. The lowest BCUT2D eigenvalue weighted by Crippen LogP contribution is -2.61. The van der Waals surface area contributed by atoms with Crippen molar-refractivity contribution in [3.63, 3.8) is 0 Å². The third-order valence-corrected chi connectivity index (χ3v) is 5.71. The summed E-state index contributed by atoms with van der Waals surface area (Å²) in [6, 6.07) is 5.35. The molecule has 0 spiro atoms. The first-order chi connectivity index (χ1) is 12.5. The molecule has 2 saturated heterocycles. The molecule has 3 heterocycles. The minimum absolute atomic E-state index is 0.0722. The maximum Gasteiger partial charge on any atom is 0.229 e. The normalized spacial score (nSPS) is 22.5. The molecule has 140 valence electrons. The van der Waals surface area contributed by atoms with E-state index in [1.165, 1.54) is 37.9 Å². The molecule has 0 N–H and O–H groups in total. The molecule has 4 rings (SSSR count). The van der Waals surface area contributed by atoms with Crippen LogP contribution in [0.2, 0.25) is 0 Å². The Morgan fingerprint density at radius 3 is 2.81 bits per heavy atom. The van der Waals surface area contributed by atoms with Gasteiger partial charge in [0.2, 0.25) is 5.89 Å². The van der Waals surface area contributed by atoms with E-state index in [-0.39, 0.29) is 11.5 Å². The van der Waals surface area contributed by atoms with Crippen molar-refractivity contribution in [1.82, 2.24) is 14.8 Å². The first-order valence-electron chi connectivity index (χ1n) is 9.41. The van der Waals surface area contributed by atoms with Gasteiger partial charge >= 0.3 is 0 Å². The molecule has 1 aromatic carbocycles. The number of oxazole rings is 1. The van der Waals surface area contributed by atoms with E-state index >= 15 is 0 Å². The lowest BCUT2D eigenvalue weighted by atomic mass is 9.97. The van der Waals surface area contributed by atoms with E-state index < -0.39 is 11.6 Å². The van der Waals surface area contributed by atoms with Crippen LogP contribution in [0.25, 0.3) is 11.5 Å². The molecular weight excluding hydrogens is 336 g/mol. The Morgan fingerprint density at radius 1 is 1.23 bits per heavy atom. The van der Waals surface area contributed by atoms with Crippen molar-refractivity contribution in [2.45, 2.75) is 51.7 Å². The molecule has 1 aromatic heterocycles. The second kappa shape index (κ2) is 7.08. The summed E-state index contributed by atoms with van der Waals surface area (Å²) in [6.45, 7) is 8.09. The summed E-state index contributed by atoms with van der Waals surface area (Å²) >= 11 is 0. The van der Waals surface area contributed by atoms with E-state index in [9.17, 15) is 8.78 Å². The molecule has 0 unspecified atom stereocenters. The number of hydrogen-bond donors (Lipinski definition) is 0. The van der Waals surface area contributed by atoms with Crippen LogP contribution < -0.4 is 0 Å². The molecule has 0 radical (unpaired) electrons. The third-order valence-electron chi connectivity index (χ3n) is 5.71. The van der Waals surface area contributed by atoms with Crippen molar-refractivity contribution < 1.29 is 13.2 Å². The van der Waals surface area contributed by atoms with Crippen molar-refractivity contribution in [1.29, 1.82) is 0 Å². The van der Waals surface area contributed by atoms with E-state index in [1.54, 1.807) is 0 Å². The van der Waals surface area contributed by atoms with Crippen LogP contribution in [-0.4, -0.2) is 46.5 Å². The molecule has 6 heteroatoms. The summed E-state index contributed by atoms with van der Waals surface area (Å²) in [6.07, 6.45) is 3.93. The summed E-state index contributed by atoms with van der Waals surface area (Å²) in [5.41, 5.74) is 0.872. The number of benzene rings is 1. The zero-order valence-electron chi connectivity index (χ0n) is 15.3. The predicted octanol–water partition coefficient (Wildman–Crippen LogP) is 3.99. The van der Waals surface area contributed by atoms with Gasteiger partial charge in [-0.1, -0.05) is 12.5 Å². The smallest absolute Gasteiger partial charge is 0.229 e. The molecule has 4 nitrogen and oxygen atoms in total. The van der Waals surface area contributed by atoms with E-state index in [2.05, 4.69) is 21.7 Å². The second-order valence-electron chi connectivity index (χ2n) is 7.55. The van der Waals surface area contributed by atoms with Gasteiger partial charge in [0.05, 0.1) is 11.3 Å². The summed E-state index contributed by atoms with van der Waals surface area (Å²) < 4.78 is 33.0. The highest BCUT2D eigenvalue weighted by molar-refractivity contribution is 5.54. The van der Waals surface area contributed by atoms with Gasteiger partial charge in [0.15, 0.2) is 11.6 Å². The number of halogens is 2. The number of aryl methyl sites for hydroxylation is 1. The van der Waals surface area contributed by atoms with E-state index in [1.807, 2.05) is 6.92 Å². The first-order valence-corrected chi connectivity index (χ1v) is 9.41. The van der Waals surface area contributed by atoms with Crippen molar-refractivity contribution in [3.05, 3.63) is 41.3 Å². The lowest BCUT2D eigenvalue weighted by molar-refractivity contribution is -0.00685. The van der Waals surface area contributed by atoms with Crippen LogP contribution >= 0.6 is 0 Å². The number of piperidine rings is 1. The number of hydrogen-bond acceptors (Lipinski definition) is 4. The fourth-order valence-corrected chi connectivity index (χ4v) is 4.11. The Kier molecular flexibility index (Phi) is 4.80. The topological polar surface area (TPSA) is 32.5 Å². The molecular formula is C20H25F2N3O. The number of rotatable bonds is 4. The van der Waals surface area contributed by atoms with Crippen LogP contribution in [0.1, 0.15) is 37.6 Å².